The Balaban J connectivity index is 1.35. The van der Waals surface area contributed by atoms with Crippen LogP contribution < -0.4 is 5.32 Å². The summed E-state index contributed by atoms with van der Waals surface area (Å²) in [6.07, 6.45) is 1.74. The first-order valence-electron chi connectivity index (χ1n) is 12.9. The molecule has 39 heavy (non-hydrogen) atoms. The van der Waals surface area contributed by atoms with Gasteiger partial charge in [0, 0.05) is 30.5 Å². The quantitative estimate of drug-likeness (QED) is 0.357. The first-order chi connectivity index (χ1) is 18.7. The van der Waals surface area contributed by atoms with Crippen molar-refractivity contribution in [1.29, 1.82) is 0 Å². The minimum Gasteiger partial charge on any atom is -0.337 e. The third kappa shape index (κ3) is 4.77. The Labute approximate surface area is 235 Å². The van der Waals surface area contributed by atoms with Crippen LogP contribution in [0, 0.1) is 6.92 Å². The maximum Gasteiger partial charge on any atom is 0.243 e. The normalized spacial score (nSPS) is 17.9. The number of benzene rings is 2. The monoisotopic (exact) mass is 580 g/mol. The Morgan fingerprint density at radius 2 is 1.82 bits per heavy atom. The van der Waals surface area contributed by atoms with Gasteiger partial charge < -0.3 is 10.2 Å². The number of nitrogens with zero attached hydrogens (tertiary/aromatic N) is 3. The van der Waals surface area contributed by atoms with Gasteiger partial charge in [-0.15, -0.1) is 22.7 Å². The van der Waals surface area contributed by atoms with E-state index in [0.29, 0.717) is 43.9 Å². The van der Waals surface area contributed by atoms with E-state index in [-0.39, 0.29) is 16.7 Å². The van der Waals surface area contributed by atoms with Crippen molar-refractivity contribution in [1.82, 2.24) is 14.2 Å². The molecule has 1 atom stereocenters. The summed E-state index contributed by atoms with van der Waals surface area (Å²) in [4.78, 5) is 33.7. The largest absolute Gasteiger partial charge is 0.337 e. The Morgan fingerprint density at radius 1 is 1.05 bits per heavy atom. The number of carbonyl (C=O) groups excluding carboxylic acids is 2. The van der Waals surface area contributed by atoms with Crippen LogP contribution in [-0.2, 0) is 32.6 Å². The number of carbonyl (C=O) groups is 2. The molecular weight excluding hydrogens is 553 g/mol. The molecule has 8 nitrogen and oxygen atoms in total. The van der Waals surface area contributed by atoms with Gasteiger partial charge in [-0.1, -0.05) is 29.8 Å². The Hall–Kier alpha value is -3.12. The number of thiophene rings is 1. The number of sulfonamides is 1. The number of hydrogen-bond acceptors (Lipinski definition) is 7. The second-order valence-electron chi connectivity index (χ2n) is 9.96. The number of fused-ring (bicyclic) bond motifs is 2. The minimum atomic E-state index is -3.82. The fraction of sp³-hybridized carbons (Fsp3) is 0.321. The van der Waals surface area contributed by atoms with Crippen molar-refractivity contribution in [2.24, 2.45) is 0 Å². The molecule has 1 N–H and O–H groups in total. The molecule has 2 aliphatic heterocycles. The van der Waals surface area contributed by atoms with Crippen LogP contribution in [0.2, 0.25) is 0 Å². The van der Waals surface area contributed by atoms with Crippen LogP contribution >= 0.6 is 22.7 Å². The first kappa shape index (κ1) is 26.1. The molecule has 2 amide bonds. The molecule has 2 aromatic heterocycles. The van der Waals surface area contributed by atoms with Crippen molar-refractivity contribution >= 4 is 59.7 Å². The van der Waals surface area contributed by atoms with Crippen molar-refractivity contribution in [3.63, 3.8) is 0 Å². The topological polar surface area (TPSA) is 99.7 Å². The van der Waals surface area contributed by atoms with Gasteiger partial charge in [-0.2, -0.15) is 4.31 Å². The number of thiazole rings is 1. The average Bonchev–Trinajstić information content (AvgIpc) is 3.64. The van der Waals surface area contributed by atoms with E-state index in [4.69, 9.17) is 4.98 Å². The zero-order chi connectivity index (χ0) is 27.3. The third-order valence-corrected chi connectivity index (χ3v) is 11.5. The number of aromatic nitrogens is 1. The highest BCUT2D eigenvalue weighted by Crippen LogP contribution is 2.46. The second-order valence-corrected chi connectivity index (χ2v) is 14.0. The maximum absolute atomic E-state index is 13.7. The molecule has 0 radical (unpaired) electrons. The van der Waals surface area contributed by atoms with Crippen molar-refractivity contribution in [3.8, 4) is 10.6 Å². The number of anilines is 1. The third-order valence-electron chi connectivity index (χ3n) is 7.38. The molecule has 0 aliphatic carbocycles. The lowest BCUT2D eigenvalue weighted by molar-refractivity contribution is -0.129. The molecule has 6 rings (SSSR count). The molecule has 2 aromatic carbocycles. The summed E-state index contributed by atoms with van der Waals surface area (Å²) in [5.74, 6) is -0.323. The van der Waals surface area contributed by atoms with Crippen LogP contribution in [0.25, 0.3) is 20.8 Å². The SMILES string of the molecule is CC(=O)N1CCc2c(sc(NC(=O)C3CCCN3S(=O)(=O)c3ccc(C)cc3)c2-c2nc3ccccc3s2)C1. The lowest BCUT2D eigenvalue weighted by Crippen LogP contribution is -2.43. The van der Waals surface area contributed by atoms with Crippen LogP contribution in [-0.4, -0.2) is 53.6 Å². The fourth-order valence-corrected chi connectivity index (χ4v) is 9.33. The highest BCUT2D eigenvalue weighted by atomic mass is 32.2. The molecule has 0 saturated carbocycles. The van der Waals surface area contributed by atoms with E-state index in [1.165, 1.54) is 15.6 Å². The van der Waals surface area contributed by atoms with Crippen molar-refractivity contribution in [2.45, 2.75) is 50.6 Å². The molecule has 4 aromatic rings. The fourth-order valence-electron chi connectivity index (χ4n) is 5.30. The van der Waals surface area contributed by atoms with E-state index in [0.717, 1.165) is 36.8 Å². The predicted molar refractivity (Wildman–Crippen MR) is 154 cm³/mol. The lowest BCUT2D eigenvalue weighted by Gasteiger charge is -2.26. The van der Waals surface area contributed by atoms with Gasteiger partial charge in [0.2, 0.25) is 21.8 Å². The standard InChI is InChI=1S/C28H28N4O4S3/c1-17-9-11-19(12-10-17)39(35,36)32-14-5-7-22(32)26(34)30-28-25(27-29-21-6-3-4-8-23(21)37-27)20-13-15-31(18(2)33)16-24(20)38-28/h3-4,6,8-12,22H,5,7,13-16H2,1-2H3,(H,30,34). The van der Waals surface area contributed by atoms with Gasteiger partial charge in [-0.25, -0.2) is 13.4 Å². The zero-order valence-electron chi connectivity index (χ0n) is 21.6. The number of amides is 2. The van der Waals surface area contributed by atoms with E-state index in [1.807, 2.05) is 31.2 Å². The van der Waals surface area contributed by atoms with Crippen molar-refractivity contribution < 1.29 is 18.0 Å². The minimum absolute atomic E-state index is 0.0177. The van der Waals surface area contributed by atoms with Crippen LogP contribution in [0.3, 0.4) is 0 Å². The molecular formula is C28H28N4O4S3. The molecule has 0 bridgehead atoms. The number of rotatable bonds is 5. The molecule has 0 spiro atoms. The Kier molecular flexibility index (Phi) is 6.78. The van der Waals surface area contributed by atoms with Crippen molar-refractivity contribution in [3.05, 3.63) is 64.5 Å². The number of para-hydroxylation sites is 1. The number of aryl methyl sites for hydroxylation is 1. The molecule has 1 unspecified atom stereocenters. The summed E-state index contributed by atoms with van der Waals surface area (Å²) in [6.45, 7) is 4.87. The predicted octanol–water partition coefficient (Wildman–Crippen LogP) is 5.03. The molecule has 202 valence electrons. The lowest BCUT2D eigenvalue weighted by atomic mass is 10.0. The summed E-state index contributed by atoms with van der Waals surface area (Å²) >= 11 is 3.02. The maximum atomic E-state index is 13.7. The second kappa shape index (κ2) is 10.1. The molecule has 4 heterocycles. The highest BCUT2D eigenvalue weighted by Gasteiger charge is 2.40. The van der Waals surface area contributed by atoms with Gasteiger partial charge in [0.15, 0.2) is 0 Å². The van der Waals surface area contributed by atoms with Gasteiger partial charge in [0.25, 0.3) is 0 Å². The first-order valence-corrected chi connectivity index (χ1v) is 15.9. The van der Waals surface area contributed by atoms with Gasteiger partial charge in [0.1, 0.15) is 16.1 Å². The molecule has 2 aliphatic rings. The van der Waals surface area contributed by atoms with E-state index in [1.54, 1.807) is 47.4 Å². The van der Waals surface area contributed by atoms with E-state index >= 15 is 0 Å². The molecule has 1 saturated heterocycles. The van der Waals surface area contributed by atoms with Gasteiger partial charge in [-0.3, -0.25) is 9.59 Å². The number of hydrogen-bond donors (Lipinski definition) is 1. The highest BCUT2D eigenvalue weighted by molar-refractivity contribution is 7.89. The van der Waals surface area contributed by atoms with Gasteiger partial charge in [0.05, 0.1) is 21.7 Å². The summed E-state index contributed by atoms with van der Waals surface area (Å²) in [5.41, 5.74) is 3.85. The van der Waals surface area contributed by atoms with Crippen molar-refractivity contribution in [2.75, 3.05) is 18.4 Å². The van der Waals surface area contributed by atoms with E-state index in [2.05, 4.69) is 5.32 Å². The van der Waals surface area contributed by atoms with Gasteiger partial charge >= 0.3 is 0 Å². The summed E-state index contributed by atoms with van der Waals surface area (Å²) in [5, 5.41) is 4.57. The van der Waals surface area contributed by atoms with Crippen LogP contribution in [0.1, 0.15) is 35.8 Å². The van der Waals surface area contributed by atoms with Crippen LogP contribution in [0.15, 0.2) is 53.4 Å². The summed E-state index contributed by atoms with van der Waals surface area (Å²) < 4.78 is 29.3. The molecule has 1 fully saturated rings. The van der Waals surface area contributed by atoms with Crippen LogP contribution in [0.4, 0.5) is 5.00 Å². The zero-order valence-corrected chi connectivity index (χ0v) is 24.1. The molecule has 11 heteroatoms. The summed E-state index contributed by atoms with van der Waals surface area (Å²) in [6, 6.07) is 13.8. The van der Waals surface area contributed by atoms with E-state index < -0.39 is 16.1 Å². The van der Waals surface area contributed by atoms with Gasteiger partial charge in [-0.05, 0) is 56.0 Å². The number of nitrogens with one attached hydrogen (secondary N) is 1. The Morgan fingerprint density at radius 3 is 2.56 bits per heavy atom. The van der Waals surface area contributed by atoms with Crippen LogP contribution in [0.5, 0.6) is 0 Å². The summed E-state index contributed by atoms with van der Waals surface area (Å²) in [7, 11) is -3.82. The van der Waals surface area contributed by atoms with E-state index in [9.17, 15) is 18.0 Å². The Bertz CT molecular complexity index is 1660. The average molecular weight is 581 g/mol. The smallest absolute Gasteiger partial charge is 0.243 e.